The summed E-state index contributed by atoms with van der Waals surface area (Å²) >= 11 is 0. The third kappa shape index (κ3) is 3.55. The highest BCUT2D eigenvalue weighted by Crippen LogP contribution is 1.95. The van der Waals surface area contributed by atoms with Gasteiger partial charge in [-0.15, -0.1) is 5.10 Å². The molecule has 1 aromatic heterocycles. The summed E-state index contributed by atoms with van der Waals surface area (Å²) in [4.78, 5) is 12.8. The molecule has 17 heavy (non-hydrogen) atoms. The SMILES string of the molecule is N#CCN(CC#N)C(=O)Cn1cc(CN)nn1. The first-order chi connectivity index (χ1) is 8.21. The van der Waals surface area contributed by atoms with Crippen molar-refractivity contribution in [2.45, 2.75) is 13.1 Å². The van der Waals surface area contributed by atoms with Gasteiger partial charge >= 0.3 is 0 Å². The maximum Gasteiger partial charge on any atom is 0.246 e. The van der Waals surface area contributed by atoms with E-state index in [1.54, 1.807) is 6.20 Å². The lowest BCUT2D eigenvalue weighted by atomic mass is 10.4. The standard InChI is InChI=1S/C9H11N7O/c10-1-3-15(4-2-11)9(17)7-16-6-8(5-12)13-14-16/h6H,3-5,7,12H2. The number of amides is 1. The van der Waals surface area contributed by atoms with Crippen LogP contribution in [0.1, 0.15) is 5.69 Å². The first-order valence-corrected chi connectivity index (χ1v) is 4.82. The summed E-state index contributed by atoms with van der Waals surface area (Å²) in [6.07, 6.45) is 1.55. The van der Waals surface area contributed by atoms with Crippen molar-refractivity contribution in [1.29, 1.82) is 10.5 Å². The Balaban J connectivity index is 2.63. The molecule has 88 valence electrons. The second kappa shape index (κ2) is 6.20. The molecular formula is C9H11N7O. The zero-order valence-corrected chi connectivity index (χ0v) is 9.07. The van der Waals surface area contributed by atoms with Gasteiger partial charge in [0.05, 0.1) is 24.0 Å². The summed E-state index contributed by atoms with van der Waals surface area (Å²) in [6, 6.07) is 3.65. The average molecular weight is 233 g/mol. The lowest BCUT2D eigenvalue weighted by Gasteiger charge is -2.14. The van der Waals surface area contributed by atoms with E-state index >= 15 is 0 Å². The molecule has 0 aromatic carbocycles. The quantitative estimate of drug-likeness (QED) is 0.624. The summed E-state index contributed by atoms with van der Waals surface area (Å²) in [5.41, 5.74) is 5.93. The third-order valence-electron chi connectivity index (χ3n) is 1.97. The largest absolute Gasteiger partial charge is 0.325 e. The first-order valence-electron chi connectivity index (χ1n) is 4.82. The smallest absolute Gasteiger partial charge is 0.246 e. The first kappa shape index (κ1) is 12.6. The molecule has 0 radical (unpaired) electrons. The van der Waals surface area contributed by atoms with Gasteiger partial charge in [-0.2, -0.15) is 10.5 Å². The maximum atomic E-state index is 11.7. The molecular weight excluding hydrogens is 222 g/mol. The molecule has 0 bridgehead atoms. The molecule has 8 nitrogen and oxygen atoms in total. The van der Waals surface area contributed by atoms with E-state index in [0.717, 1.165) is 4.90 Å². The fraction of sp³-hybridized carbons (Fsp3) is 0.444. The van der Waals surface area contributed by atoms with Crippen molar-refractivity contribution in [3.05, 3.63) is 11.9 Å². The van der Waals surface area contributed by atoms with Crippen molar-refractivity contribution in [1.82, 2.24) is 19.9 Å². The van der Waals surface area contributed by atoms with E-state index in [1.807, 2.05) is 12.1 Å². The fourth-order valence-corrected chi connectivity index (χ4v) is 1.15. The molecule has 0 aliphatic rings. The van der Waals surface area contributed by atoms with Gasteiger partial charge in [0.15, 0.2) is 0 Å². The van der Waals surface area contributed by atoms with E-state index in [0.29, 0.717) is 5.69 Å². The molecule has 1 amide bonds. The van der Waals surface area contributed by atoms with Crippen LogP contribution in [0.2, 0.25) is 0 Å². The molecule has 0 unspecified atom stereocenters. The minimum atomic E-state index is -0.360. The molecule has 0 spiro atoms. The molecule has 0 saturated carbocycles. The fourth-order valence-electron chi connectivity index (χ4n) is 1.15. The van der Waals surface area contributed by atoms with Crippen LogP contribution < -0.4 is 5.73 Å². The number of carbonyl (C=O) groups excluding carboxylic acids is 1. The summed E-state index contributed by atoms with van der Waals surface area (Å²) in [5.74, 6) is -0.360. The Labute approximate surface area is 97.8 Å². The molecule has 1 heterocycles. The van der Waals surface area contributed by atoms with E-state index < -0.39 is 0 Å². The molecule has 0 atom stereocenters. The Morgan fingerprint density at radius 2 is 2.12 bits per heavy atom. The van der Waals surface area contributed by atoms with Crippen LogP contribution in [-0.4, -0.2) is 38.9 Å². The van der Waals surface area contributed by atoms with Crippen molar-refractivity contribution in [3.8, 4) is 12.1 Å². The van der Waals surface area contributed by atoms with E-state index in [4.69, 9.17) is 16.3 Å². The maximum absolute atomic E-state index is 11.7. The molecule has 0 saturated heterocycles. The van der Waals surface area contributed by atoms with Gasteiger partial charge in [0.1, 0.15) is 19.6 Å². The molecule has 0 aliphatic heterocycles. The van der Waals surface area contributed by atoms with Crippen LogP contribution in [0.3, 0.4) is 0 Å². The van der Waals surface area contributed by atoms with Crippen molar-refractivity contribution in [3.63, 3.8) is 0 Å². The monoisotopic (exact) mass is 233 g/mol. The molecule has 8 heteroatoms. The van der Waals surface area contributed by atoms with Crippen LogP contribution in [0.15, 0.2) is 6.20 Å². The average Bonchev–Trinajstić information content (AvgIpc) is 2.76. The van der Waals surface area contributed by atoms with Crippen LogP contribution in [0, 0.1) is 22.7 Å². The van der Waals surface area contributed by atoms with Crippen molar-refractivity contribution < 1.29 is 4.79 Å². The molecule has 2 N–H and O–H groups in total. The van der Waals surface area contributed by atoms with Gasteiger partial charge in [0, 0.05) is 6.54 Å². The summed E-state index contributed by atoms with van der Waals surface area (Å²) in [6.45, 7) is -0.0552. The number of hydrogen-bond acceptors (Lipinski definition) is 6. The van der Waals surface area contributed by atoms with Crippen molar-refractivity contribution in [2.24, 2.45) is 5.73 Å². The van der Waals surface area contributed by atoms with E-state index in [1.165, 1.54) is 4.68 Å². The van der Waals surface area contributed by atoms with Crippen molar-refractivity contribution >= 4 is 5.91 Å². The highest BCUT2D eigenvalue weighted by molar-refractivity contribution is 5.76. The lowest BCUT2D eigenvalue weighted by molar-refractivity contribution is -0.130. The van der Waals surface area contributed by atoms with Gasteiger partial charge in [-0.05, 0) is 0 Å². The lowest BCUT2D eigenvalue weighted by Crippen LogP contribution is -2.34. The highest BCUT2D eigenvalue weighted by atomic mass is 16.2. The van der Waals surface area contributed by atoms with E-state index in [9.17, 15) is 4.79 Å². The Hall–Kier alpha value is -2.45. The molecule has 1 rings (SSSR count). The number of nitrogens with two attached hydrogens (primary N) is 1. The number of nitriles is 2. The second-order valence-electron chi connectivity index (χ2n) is 3.18. The van der Waals surface area contributed by atoms with Crippen LogP contribution in [-0.2, 0) is 17.9 Å². The minimum Gasteiger partial charge on any atom is -0.325 e. The predicted molar refractivity (Wildman–Crippen MR) is 55.7 cm³/mol. The van der Waals surface area contributed by atoms with Gasteiger partial charge in [0.25, 0.3) is 0 Å². The summed E-state index contributed by atoms with van der Waals surface area (Å²) in [5, 5.41) is 24.5. The van der Waals surface area contributed by atoms with Crippen molar-refractivity contribution in [2.75, 3.05) is 13.1 Å². The molecule has 0 aliphatic carbocycles. The Morgan fingerprint density at radius 3 is 2.59 bits per heavy atom. The normalized spacial score (nSPS) is 9.35. The Bertz CT molecular complexity index is 450. The minimum absolute atomic E-state index is 0.0592. The zero-order valence-electron chi connectivity index (χ0n) is 9.07. The van der Waals surface area contributed by atoms with Gasteiger partial charge < -0.3 is 10.6 Å². The Kier molecular flexibility index (Phi) is 4.60. The number of aromatic nitrogens is 3. The van der Waals surface area contributed by atoms with Gasteiger partial charge in [-0.25, -0.2) is 4.68 Å². The van der Waals surface area contributed by atoms with Gasteiger partial charge in [0.2, 0.25) is 5.91 Å². The van der Waals surface area contributed by atoms with Crippen LogP contribution >= 0.6 is 0 Å². The van der Waals surface area contributed by atoms with E-state index in [2.05, 4.69) is 10.3 Å². The topological polar surface area (TPSA) is 125 Å². The highest BCUT2D eigenvalue weighted by Gasteiger charge is 2.14. The van der Waals surface area contributed by atoms with Crippen LogP contribution in [0.5, 0.6) is 0 Å². The van der Waals surface area contributed by atoms with Gasteiger partial charge in [-0.1, -0.05) is 5.21 Å². The van der Waals surface area contributed by atoms with Crippen LogP contribution in [0.4, 0.5) is 0 Å². The molecule has 1 aromatic rings. The number of carbonyl (C=O) groups is 1. The Morgan fingerprint density at radius 1 is 1.47 bits per heavy atom. The predicted octanol–water partition coefficient (Wildman–Crippen LogP) is -1.39. The number of nitrogens with zero attached hydrogens (tertiary/aromatic N) is 6. The number of rotatable bonds is 5. The van der Waals surface area contributed by atoms with E-state index in [-0.39, 0.29) is 32.1 Å². The van der Waals surface area contributed by atoms with Crippen LogP contribution in [0.25, 0.3) is 0 Å². The summed E-state index contributed by atoms with van der Waals surface area (Å²) < 4.78 is 1.33. The van der Waals surface area contributed by atoms with Gasteiger partial charge in [-0.3, -0.25) is 4.79 Å². The summed E-state index contributed by atoms with van der Waals surface area (Å²) in [7, 11) is 0. The molecule has 0 fully saturated rings. The zero-order chi connectivity index (χ0) is 12.7. The third-order valence-corrected chi connectivity index (χ3v) is 1.97. The second-order valence-corrected chi connectivity index (χ2v) is 3.18. The number of hydrogen-bond donors (Lipinski definition) is 1.